The van der Waals surface area contributed by atoms with Gasteiger partial charge in [-0.25, -0.2) is 14.2 Å². The molecule has 0 saturated carbocycles. The molecule has 4 rings (SSSR count). The number of nitrogens with zero attached hydrogens (tertiary/aromatic N) is 4. The van der Waals surface area contributed by atoms with Crippen molar-refractivity contribution < 1.29 is 13.6 Å². The van der Waals surface area contributed by atoms with E-state index in [1.165, 1.54) is 24.3 Å². The molecule has 0 radical (unpaired) electrons. The Labute approximate surface area is 170 Å². The van der Waals surface area contributed by atoms with Crippen LogP contribution in [0.1, 0.15) is 18.5 Å². The standard InChI is InChI=1S/C21H18FN5O3/c1-14(15-4-8-18(9-5-15)26-11-10-23-13-26)24-19(28)12-27-21(29)30-20(25-27)16-2-6-17(22)7-3-16/h2-11,13-14H,12H2,1H3,(H,24,28)/t14-/m0/s1. The maximum atomic E-state index is 13.0. The van der Waals surface area contributed by atoms with Crippen LogP contribution in [0.25, 0.3) is 17.1 Å². The second kappa shape index (κ2) is 8.16. The average Bonchev–Trinajstić information content (AvgIpc) is 3.39. The van der Waals surface area contributed by atoms with Gasteiger partial charge in [0.1, 0.15) is 12.4 Å². The lowest BCUT2D eigenvalue weighted by Gasteiger charge is -2.14. The van der Waals surface area contributed by atoms with Crippen molar-refractivity contribution in [1.29, 1.82) is 0 Å². The largest absolute Gasteiger partial charge is 0.437 e. The highest BCUT2D eigenvalue weighted by Crippen LogP contribution is 2.17. The highest BCUT2D eigenvalue weighted by molar-refractivity contribution is 5.76. The molecule has 2 aromatic heterocycles. The molecule has 2 heterocycles. The van der Waals surface area contributed by atoms with Crippen LogP contribution in [0.4, 0.5) is 4.39 Å². The van der Waals surface area contributed by atoms with Crippen molar-refractivity contribution in [3.8, 4) is 17.1 Å². The monoisotopic (exact) mass is 407 g/mol. The summed E-state index contributed by atoms with van der Waals surface area (Å²) >= 11 is 0. The third-order valence-electron chi connectivity index (χ3n) is 4.56. The third kappa shape index (κ3) is 4.19. The maximum Gasteiger partial charge on any atom is 0.437 e. The van der Waals surface area contributed by atoms with Crippen LogP contribution in [0.3, 0.4) is 0 Å². The van der Waals surface area contributed by atoms with Crippen molar-refractivity contribution in [1.82, 2.24) is 24.6 Å². The summed E-state index contributed by atoms with van der Waals surface area (Å²) in [6, 6.07) is 12.8. The smallest absolute Gasteiger partial charge is 0.388 e. The first kappa shape index (κ1) is 19.3. The fraction of sp³-hybridized carbons (Fsp3) is 0.143. The SMILES string of the molecule is C[C@H](NC(=O)Cn1nc(-c2ccc(F)cc2)oc1=O)c1ccc(-n2ccnc2)cc1. The normalized spacial score (nSPS) is 11.9. The molecule has 0 aliphatic heterocycles. The predicted octanol–water partition coefficient (Wildman–Crippen LogP) is 2.71. The van der Waals surface area contributed by atoms with E-state index in [2.05, 4.69) is 15.4 Å². The van der Waals surface area contributed by atoms with Gasteiger partial charge >= 0.3 is 5.76 Å². The van der Waals surface area contributed by atoms with Crippen LogP contribution >= 0.6 is 0 Å². The van der Waals surface area contributed by atoms with Gasteiger partial charge in [0.05, 0.1) is 12.4 Å². The molecule has 0 saturated heterocycles. The topological polar surface area (TPSA) is 95.0 Å². The van der Waals surface area contributed by atoms with Crippen LogP contribution in [0.2, 0.25) is 0 Å². The number of carbonyl (C=O) groups is 1. The lowest BCUT2D eigenvalue weighted by atomic mass is 10.1. The van der Waals surface area contributed by atoms with Gasteiger partial charge in [0.2, 0.25) is 11.8 Å². The van der Waals surface area contributed by atoms with Gasteiger partial charge in [-0.3, -0.25) is 4.79 Å². The minimum atomic E-state index is -0.762. The molecule has 30 heavy (non-hydrogen) atoms. The summed E-state index contributed by atoms with van der Waals surface area (Å²) in [5, 5.41) is 6.85. The van der Waals surface area contributed by atoms with E-state index in [0.29, 0.717) is 5.56 Å². The molecule has 0 aliphatic rings. The van der Waals surface area contributed by atoms with Crippen LogP contribution in [-0.2, 0) is 11.3 Å². The highest BCUT2D eigenvalue weighted by atomic mass is 19.1. The van der Waals surface area contributed by atoms with Gasteiger partial charge in [-0.05, 0) is 48.9 Å². The quantitative estimate of drug-likeness (QED) is 0.530. The lowest BCUT2D eigenvalue weighted by Crippen LogP contribution is -2.33. The van der Waals surface area contributed by atoms with Gasteiger partial charge < -0.3 is 14.3 Å². The summed E-state index contributed by atoms with van der Waals surface area (Å²) in [6.07, 6.45) is 5.25. The summed E-state index contributed by atoms with van der Waals surface area (Å²) in [5.41, 5.74) is 2.31. The first-order chi connectivity index (χ1) is 14.5. The summed E-state index contributed by atoms with van der Waals surface area (Å²) < 4.78 is 20.9. The molecule has 152 valence electrons. The second-order valence-corrected chi connectivity index (χ2v) is 6.69. The predicted molar refractivity (Wildman–Crippen MR) is 106 cm³/mol. The molecule has 0 aliphatic carbocycles. The van der Waals surface area contributed by atoms with Gasteiger partial charge in [-0.15, -0.1) is 5.10 Å². The fourth-order valence-corrected chi connectivity index (χ4v) is 2.97. The lowest BCUT2D eigenvalue weighted by molar-refractivity contribution is -0.122. The zero-order valence-corrected chi connectivity index (χ0v) is 16.0. The van der Waals surface area contributed by atoms with Crippen molar-refractivity contribution in [2.75, 3.05) is 0 Å². The number of carbonyl (C=O) groups excluding carboxylic acids is 1. The number of benzene rings is 2. The zero-order chi connectivity index (χ0) is 21.1. The Morgan fingerprint density at radius 1 is 1.17 bits per heavy atom. The number of hydrogen-bond acceptors (Lipinski definition) is 5. The first-order valence-electron chi connectivity index (χ1n) is 9.21. The fourth-order valence-electron chi connectivity index (χ4n) is 2.97. The number of halogens is 1. The number of aromatic nitrogens is 4. The van der Waals surface area contributed by atoms with Gasteiger partial charge in [0, 0.05) is 23.6 Å². The molecule has 1 atom stereocenters. The first-order valence-corrected chi connectivity index (χ1v) is 9.21. The number of amides is 1. The van der Waals surface area contributed by atoms with Crippen molar-refractivity contribution >= 4 is 5.91 Å². The molecular formula is C21H18FN5O3. The molecule has 1 amide bonds. The zero-order valence-electron chi connectivity index (χ0n) is 16.0. The van der Waals surface area contributed by atoms with Crippen LogP contribution in [-0.4, -0.2) is 25.2 Å². The van der Waals surface area contributed by atoms with E-state index in [1.54, 1.807) is 12.5 Å². The van der Waals surface area contributed by atoms with Gasteiger partial charge in [0.15, 0.2) is 0 Å². The minimum Gasteiger partial charge on any atom is -0.388 e. The Hall–Kier alpha value is -4.01. The van der Waals surface area contributed by atoms with E-state index >= 15 is 0 Å². The Kier molecular flexibility index (Phi) is 5.25. The molecule has 0 bridgehead atoms. The third-order valence-corrected chi connectivity index (χ3v) is 4.56. The van der Waals surface area contributed by atoms with Crippen LogP contribution < -0.4 is 11.1 Å². The summed E-state index contributed by atoms with van der Waals surface area (Å²) in [7, 11) is 0. The molecule has 9 heteroatoms. The number of rotatable bonds is 6. The molecule has 0 spiro atoms. The molecule has 0 unspecified atom stereocenters. The van der Waals surface area contributed by atoms with Gasteiger partial charge in [0.25, 0.3) is 0 Å². The number of imidazole rings is 1. The Morgan fingerprint density at radius 3 is 2.57 bits per heavy atom. The molecule has 0 fully saturated rings. The van der Waals surface area contributed by atoms with E-state index < -0.39 is 11.6 Å². The summed E-state index contributed by atoms with van der Waals surface area (Å²) in [4.78, 5) is 28.4. The average molecular weight is 407 g/mol. The summed E-state index contributed by atoms with van der Waals surface area (Å²) in [6.45, 7) is 1.56. The van der Waals surface area contributed by atoms with Gasteiger partial charge in [-0.2, -0.15) is 4.68 Å². The molecular weight excluding hydrogens is 389 g/mol. The van der Waals surface area contributed by atoms with E-state index in [1.807, 2.05) is 42.0 Å². The van der Waals surface area contributed by atoms with E-state index in [0.717, 1.165) is 15.9 Å². The maximum absolute atomic E-state index is 13.0. The van der Waals surface area contributed by atoms with Gasteiger partial charge in [-0.1, -0.05) is 12.1 Å². The van der Waals surface area contributed by atoms with Crippen molar-refractivity contribution in [2.45, 2.75) is 19.5 Å². The Balaban J connectivity index is 1.41. The van der Waals surface area contributed by atoms with Crippen LogP contribution in [0, 0.1) is 5.82 Å². The Morgan fingerprint density at radius 2 is 1.90 bits per heavy atom. The van der Waals surface area contributed by atoms with Crippen molar-refractivity contribution in [2.24, 2.45) is 0 Å². The van der Waals surface area contributed by atoms with Crippen molar-refractivity contribution in [3.63, 3.8) is 0 Å². The number of nitrogens with one attached hydrogen (secondary N) is 1. The molecule has 8 nitrogen and oxygen atoms in total. The molecule has 2 aromatic carbocycles. The minimum absolute atomic E-state index is 0.0240. The number of hydrogen-bond donors (Lipinski definition) is 1. The van der Waals surface area contributed by atoms with E-state index in [9.17, 15) is 14.0 Å². The molecule has 1 N–H and O–H groups in total. The molecule has 4 aromatic rings. The van der Waals surface area contributed by atoms with E-state index in [4.69, 9.17) is 4.42 Å². The van der Waals surface area contributed by atoms with Crippen molar-refractivity contribution in [3.05, 3.63) is 89.2 Å². The second-order valence-electron chi connectivity index (χ2n) is 6.69. The van der Waals surface area contributed by atoms with Crippen LogP contribution in [0.15, 0.2) is 76.5 Å². The van der Waals surface area contributed by atoms with E-state index in [-0.39, 0.29) is 24.4 Å². The Bertz CT molecular complexity index is 1190. The van der Waals surface area contributed by atoms with Crippen LogP contribution in [0.5, 0.6) is 0 Å². The summed E-state index contributed by atoms with van der Waals surface area (Å²) in [5.74, 6) is -1.54. The highest BCUT2D eigenvalue weighted by Gasteiger charge is 2.15.